The van der Waals surface area contributed by atoms with Gasteiger partial charge in [-0.1, -0.05) is 0 Å². The van der Waals surface area contributed by atoms with Gasteiger partial charge in [-0.25, -0.2) is 0 Å². The summed E-state index contributed by atoms with van der Waals surface area (Å²) in [7, 11) is 1.73. The molecule has 0 radical (unpaired) electrons. The average Bonchev–Trinajstić information content (AvgIpc) is 2.71. The van der Waals surface area contributed by atoms with E-state index in [2.05, 4.69) is 0 Å². The predicted octanol–water partition coefficient (Wildman–Crippen LogP) is 0.729. The second kappa shape index (κ2) is 4.92. The molecule has 1 spiro atoms. The van der Waals surface area contributed by atoms with E-state index < -0.39 is 12.0 Å². The fourth-order valence-electron chi connectivity index (χ4n) is 2.83. The molecule has 2 heterocycles. The molecule has 17 heavy (non-hydrogen) atoms. The zero-order valence-corrected chi connectivity index (χ0v) is 10.5. The largest absolute Gasteiger partial charge is 0.480 e. The second-order valence-corrected chi connectivity index (χ2v) is 5.12. The first-order valence-corrected chi connectivity index (χ1v) is 6.20. The minimum Gasteiger partial charge on any atom is -0.480 e. The molecule has 5 heteroatoms. The maximum absolute atomic E-state index is 11.0. The van der Waals surface area contributed by atoms with Gasteiger partial charge in [-0.2, -0.15) is 0 Å². The Hall–Kier alpha value is -0.650. The lowest BCUT2D eigenvalue weighted by molar-refractivity contribution is -0.144. The summed E-state index contributed by atoms with van der Waals surface area (Å²) in [6.45, 7) is 3.95. The van der Waals surface area contributed by atoms with Crippen LogP contribution >= 0.6 is 0 Å². The molecule has 2 rings (SSSR count). The first-order valence-electron chi connectivity index (χ1n) is 6.20. The van der Waals surface area contributed by atoms with Gasteiger partial charge in [0.05, 0.1) is 11.7 Å². The Labute approximate surface area is 102 Å². The summed E-state index contributed by atoms with van der Waals surface area (Å²) in [5, 5.41) is 9.02. The summed E-state index contributed by atoms with van der Waals surface area (Å²) in [5.41, 5.74) is -0.178. The van der Waals surface area contributed by atoms with E-state index in [1.54, 1.807) is 14.0 Å². The molecule has 0 aromatic rings. The van der Waals surface area contributed by atoms with Crippen molar-refractivity contribution in [2.75, 3.05) is 26.8 Å². The molecule has 2 aliphatic heterocycles. The van der Waals surface area contributed by atoms with E-state index in [0.717, 1.165) is 25.8 Å². The Morgan fingerprint density at radius 2 is 2.41 bits per heavy atom. The molecule has 1 N–H and O–H groups in total. The fourth-order valence-corrected chi connectivity index (χ4v) is 2.83. The van der Waals surface area contributed by atoms with Crippen LogP contribution in [0.3, 0.4) is 0 Å². The van der Waals surface area contributed by atoms with Crippen molar-refractivity contribution in [1.29, 1.82) is 0 Å². The summed E-state index contributed by atoms with van der Waals surface area (Å²) in [6, 6.07) is -0.430. The number of methoxy groups -OCH3 is 1. The highest BCUT2D eigenvalue weighted by atomic mass is 16.5. The van der Waals surface area contributed by atoms with Crippen molar-refractivity contribution in [3.63, 3.8) is 0 Å². The highest BCUT2D eigenvalue weighted by molar-refractivity contribution is 5.72. The maximum Gasteiger partial charge on any atom is 0.320 e. The van der Waals surface area contributed by atoms with Gasteiger partial charge < -0.3 is 14.6 Å². The molecule has 0 amide bonds. The maximum atomic E-state index is 11.0. The highest BCUT2D eigenvalue weighted by Crippen LogP contribution is 2.35. The minimum atomic E-state index is -0.763. The van der Waals surface area contributed by atoms with Crippen LogP contribution < -0.4 is 0 Å². The van der Waals surface area contributed by atoms with Gasteiger partial charge in [-0.15, -0.1) is 0 Å². The molecule has 5 nitrogen and oxygen atoms in total. The SMILES string of the molecule is CO[C@@H]1CCO[C@@]2(CCN([C@@H](C)C(=O)O)C2)C1. The van der Waals surface area contributed by atoms with Crippen LogP contribution in [-0.4, -0.2) is 60.5 Å². The number of aliphatic carboxylic acids is 1. The van der Waals surface area contributed by atoms with E-state index in [9.17, 15) is 4.79 Å². The Balaban J connectivity index is 1.98. The Morgan fingerprint density at radius 1 is 1.65 bits per heavy atom. The molecule has 3 atom stereocenters. The highest BCUT2D eigenvalue weighted by Gasteiger charge is 2.45. The third kappa shape index (κ3) is 2.61. The molecule has 0 aliphatic carbocycles. The number of ether oxygens (including phenoxy) is 2. The van der Waals surface area contributed by atoms with Gasteiger partial charge >= 0.3 is 5.97 Å². The number of carbonyl (C=O) groups is 1. The van der Waals surface area contributed by atoms with Crippen LogP contribution in [0.5, 0.6) is 0 Å². The van der Waals surface area contributed by atoms with Crippen molar-refractivity contribution >= 4 is 5.97 Å². The summed E-state index contributed by atoms with van der Waals surface area (Å²) >= 11 is 0. The van der Waals surface area contributed by atoms with Crippen LogP contribution in [0.4, 0.5) is 0 Å². The third-order valence-electron chi connectivity index (χ3n) is 4.03. The standard InChI is InChI=1S/C12H21NO4/c1-9(11(14)15)13-5-4-12(8-13)7-10(16-2)3-6-17-12/h9-10H,3-8H2,1-2H3,(H,14,15)/t9-,10+,12-/m0/s1. The van der Waals surface area contributed by atoms with Gasteiger partial charge in [-0.3, -0.25) is 9.69 Å². The minimum absolute atomic E-state index is 0.178. The summed E-state index contributed by atoms with van der Waals surface area (Å²) in [6.07, 6.45) is 2.98. The smallest absolute Gasteiger partial charge is 0.320 e. The normalized spacial score (nSPS) is 36.2. The molecule has 0 aromatic heterocycles. The van der Waals surface area contributed by atoms with Gasteiger partial charge in [-0.05, 0) is 19.8 Å². The number of likely N-dealkylation sites (tertiary alicyclic amines) is 1. The first-order chi connectivity index (χ1) is 8.06. The van der Waals surface area contributed by atoms with Gasteiger partial charge in [0.25, 0.3) is 0 Å². The van der Waals surface area contributed by atoms with E-state index in [4.69, 9.17) is 14.6 Å². The average molecular weight is 243 g/mol. The van der Waals surface area contributed by atoms with E-state index in [0.29, 0.717) is 13.2 Å². The van der Waals surface area contributed by atoms with Crippen LogP contribution in [0.15, 0.2) is 0 Å². The van der Waals surface area contributed by atoms with Gasteiger partial charge in [0.1, 0.15) is 6.04 Å². The molecule has 0 saturated carbocycles. The Bertz CT molecular complexity index is 296. The topological polar surface area (TPSA) is 59.0 Å². The van der Waals surface area contributed by atoms with E-state index >= 15 is 0 Å². The van der Waals surface area contributed by atoms with E-state index in [1.165, 1.54) is 0 Å². The van der Waals surface area contributed by atoms with Crippen LogP contribution in [0.2, 0.25) is 0 Å². The van der Waals surface area contributed by atoms with Crippen molar-refractivity contribution < 1.29 is 19.4 Å². The zero-order chi connectivity index (χ0) is 12.5. The molecule has 0 aromatic carbocycles. The lowest BCUT2D eigenvalue weighted by Crippen LogP contribution is -2.46. The molecule has 98 valence electrons. The lowest BCUT2D eigenvalue weighted by Gasteiger charge is -2.38. The van der Waals surface area contributed by atoms with Crippen LogP contribution in [0.1, 0.15) is 26.2 Å². The molecule has 0 bridgehead atoms. The number of carboxylic acid groups (broad SMARTS) is 1. The van der Waals surface area contributed by atoms with Gasteiger partial charge in [0.2, 0.25) is 0 Å². The lowest BCUT2D eigenvalue weighted by atomic mass is 9.91. The number of hydrogen-bond donors (Lipinski definition) is 1. The number of hydrogen-bond acceptors (Lipinski definition) is 4. The molecular formula is C12H21NO4. The Morgan fingerprint density at radius 3 is 3.06 bits per heavy atom. The Kier molecular flexibility index (Phi) is 3.70. The van der Waals surface area contributed by atoms with Crippen LogP contribution in [-0.2, 0) is 14.3 Å². The summed E-state index contributed by atoms with van der Waals surface area (Å²) < 4.78 is 11.3. The van der Waals surface area contributed by atoms with Gasteiger partial charge in [0.15, 0.2) is 0 Å². The van der Waals surface area contributed by atoms with Crippen molar-refractivity contribution in [2.24, 2.45) is 0 Å². The summed E-state index contributed by atoms with van der Waals surface area (Å²) in [4.78, 5) is 13.0. The molecule has 0 unspecified atom stereocenters. The van der Waals surface area contributed by atoms with Crippen molar-refractivity contribution in [3.05, 3.63) is 0 Å². The monoisotopic (exact) mass is 243 g/mol. The second-order valence-electron chi connectivity index (χ2n) is 5.12. The molecule has 2 fully saturated rings. The fraction of sp³-hybridized carbons (Fsp3) is 0.917. The van der Waals surface area contributed by atoms with Crippen molar-refractivity contribution in [1.82, 2.24) is 4.90 Å². The van der Waals surface area contributed by atoms with Gasteiger partial charge in [0, 0.05) is 33.2 Å². The van der Waals surface area contributed by atoms with E-state index in [1.807, 2.05) is 4.90 Å². The van der Waals surface area contributed by atoms with Crippen molar-refractivity contribution in [3.8, 4) is 0 Å². The third-order valence-corrected chi connectivity index (χ3v) is 4.03. The number of nitrogens with zero attached hydrogens (tertiary/aromatic N) is 1. The summed E-state index contributed by atoms with van der Waals surface area (Å²) in [5.74, 6) is -0.763. The quantitative estimate of drug-likeness (QED) is 0.792. The molecular weight excluding hydrogens is 222 g/mol. The molecule has 2 saturated heterocycles. The molecule has 2 aliphatic rings. The van der Waals surface area contributed by atoms with Crippen molar-refractivity contribution in [2.45, 2.75) is 43.9 Å². The first kappa shape index (κ1) is 12.8. The van der Waals surface area contributed by atoms with E-state index in [-0.39, 0.29) is 11.7 Å². The van der Waals surface area contributed by atoms with Crippen LogP contribution in [0, 0.1) is 0 Å². The predicted molar refractivity (Wildman–Crippen MR) is 62.0 cm³/mol. The van der Waals surface area contributed by atoms with Crippen LogP contribution in [0.25, 0.3) is 0 Å². The zero-order valence-electron chi connectivity index (χ0n) is 10.5. The number of carboxylic acids is 1. The number of rotatable bonds is 3.